The summed E-state index contributed by atoms with van der Waals surface area (Å²) in [5.74, 6) is -1.00. The van der Waals surface area contributed by atoms with Crippen molar-refractivity contribution in [2.45, 2.75) is 13.8 Å². The fraction of sp³-hybridized carbons (Fsp3) is 0.273. The molecule has 0 heterocycles. The Kier molecular flexibility index (Phi) is 4.06. The lowest BCUT2D eigenvalue weighted by Crippen LogP contribution is -2.06. The molecule has 0 aromatic heterocycles. The molecule has 86 valence electrons. The number of phenolic OH excluding ortho intramolecular Hbond substituents is 1. The van der Waals surface area contributed by atoms with E-state index in [2.05, 4.69) is 15.9 Å². The first-order valence-electron chi connectivity index (χ1n) is 4.68. The van der Waals surface area contributed by atoms with E-state index in [9.17, 15) is 14.7 Å². The number of esters is 1. The largest absolute Gasteiger partial charge is 0.506 e. The molecular formula is C11H11BrO4. The lowest BCUT2D eigenvalue weighted by molar-refractivity contribution is 0.0526. The average molecular weight is 287 g/mol. The molecule has 0 spiro atoms. The van der Waals surface area contributed by atoms with Crippen LogP contribution in [0.2, 0.25) is 0 Å². The lowest BCUT2D eigenvalue weighted by atomic mass is 10.1. The number of Topliss-reactive ketones (excluding diaryl/α,β-unsaturated/α-hetero) is 1. The van der Waals surface area contributed by atoms with Gasteiger partial charge in [0.15, 0.2) is 5.78 Å². The van der Waals surface area contributed by atoms with Gasteiger partial charge in [-0.15, -0.1) is 0 Å². The number of carbonyl (C=O) groups is 2. The van der Waals surface area contributed by atoms with E-state index in [1.165, 1.54) is 19.1 Å². The van der Waals surface area contributed by atoms with Crippen LogP contribution in [0, 0.1) is 0 Å². The number of benzene rings is 1. The summed E-state index contributed by atoms with van der Waals surface area (Å²) < 4.78 is 5.10. The number of phenols is 1. The van der Waals surface area contributed by atoms with Crippen LogP contribution in [0.4, 0.5) is 0 Å². The Morgan fingerprint density at radius 2 is 2.06 bits per heavy atom. The zero-order valence-corrected chi connectivity index (χ0v) is 10.5. The highest BCUT2D eigenvalue weighted by molar-refractivity contribution is 9.10. The molecule has 1 aromatic carbocycles. The minimum absolute atomic E-state index is 0.0948. The van der Waals surface area contributed by atoms with Crippen LogP contribution >= 0.6 is 15.9 Å². The van der Waals surface area contributed by atoms with E-state index < -0.39 is 5.97 Å². The van der Waals surface area contributed by atoms with E-state index in [-0.39, 0.29) is 29.3 Å². The van der Waals surface area contributed by atoms with E-state index in [1.807, 2.05) is 0 Å². The maximum Gasteiger partial charge on any atom is 0.338 e. The first kappa shape index (κ1) is 12.7. The molecule has 0 aliphatic carbocycles. The van der Waals surface area contributed by atoms with Gasteiger partial charge in [-0.2, -0.15) is 0 Å². The van der Waals surface area contributed by atoms with Gasteiger partial charge in [0.2, 0.25) is 0 Å². The number of rotatable bonds is 3. The van der Waals surface area contributed by atoms with Crippen molar-refractivity contribution in [3.8, 4) is 5.75 Å². The first-order chi connectivity index (χ1) is 7.47. The smallest absolute Gasteiger partial charge is 0.338 e. The molecule has 0 saturated heterocycles. The van der Waals surface area contributed by atoms with Crippen molar-refractivity contribution < 1.29 is 19.4 Å². The van der Waals surface area contributed by atoms with E-state index in [0.29, 0.717) is 4.47 Å². The van der Waals surface area contributed by atoms with Crippen LogP contribution in [-0.2, 0) is 4.74 Å². The molecule has 1 aromatic rings. The third-order valence-corrected chi connectivity index (χ3v) is 2.56. The van der Waals surface area contributed by atoms with Gasteiger partial charge >= 0.3 is 5.97 Å². The van der Waals surface area contributed by atoms with Crippen LogP contribution in [0.15, 0.2) is 16.6 Å². The zero-order chi connectivity index (χ0) is 12.3. The Bertz CT molecular complexity index is 440. The second-order valence-electron chi connectivity index (χ2n) is 3.13. The predicted molar refractivity (Wildman–Crippen MR) is 61.8 cm³/mol. The monoisotopic (exact) mass is 286 g/mol. The van der Waals surface area contributed by atoms with Gasteiger partial charge < -0.3 is 9.84 Å². The van der Waals surface area contributed by atoms with Crippen molar-refractivity contribution in [2.24, 2.45) is 0 Å². The Morgan fingerprint density at radius 1 is 1.44 bits per heavy atom. The number of hydrogen-bond donors (Lipinski definition) is 1. The highest BCUT2D eigenvalue weighted by atomic mass is 79.9. The van der Waals surface area contributed by atoms with Gasteiger partial charge in [0, 0.05) is 0 Å². The topological polar surface area (TPSA) is 63.6 Å². The molecule has 0 fully saturated rings. The van der Waals surface area contributed by atoms with Crippen LogP contribution in [0.5, 0.6) is 5.75 Å². The quantitative estimate of drug-likeness (QED) is 0.685. The predicted octanol–water partition coefficient (Wildman–Crippen LogP) is 2.53. The van der Waals surface area contributed by atoms with Gasteiger partial charge in [0.25, 0.3) is 0 Å². The van der Waals surface area contributed by atoms with Gasteiger partial charge in [0.1, 0.15) is 5.75 Å². The van der Waals surface area contributed by atoms with Crippen LogP contribution in [0.1, 0.15) is 34.6 Å². The van der Waals surface area contributed by atoms with Crippen molar-refractivity contribution in [2.75, 3.05) is 6.61 Å². The van der Waals surface area contributed by atoms with Gasteiger partial charge in [-0.25, -0.2) is 4.79 Å². The molecule has 4 nitrogen and oxygen atoms in total. The molecule has 16 heavy (non-hydrogen) atoms. The second kappa shape index (κ2) is 5.12. The minimum Gasteiger partial charge on any atom is -0.506 e. The molecule has 0 aliphatic heterocycles. The summed E-state index contributed by atoms with van der Waals surface area (Å²) >= 11 is 3.07. The standard InChI is InChI=1S/C11H11BrO4/c1-3-16-11(15)7-4-8(6(2)13)10(14)9(12)5-7/h4-5,14H,3H2,1-2H3. The van der Waals surface area contributed by atoms with E-state index in [0.717, 1.165) is 0 Å². The first-order valence-corrected chi connectivity index (χ1v) is 5.47. The third-order valence-electron chi connectivity index (χ3n) is 1.95. The molecule has 0 atom stereocenters. The minimum atomic E-state index is -0.523. The van der Waals surface area contributed by atoms with Crippen molar-refractivity contribution in [1.29, 1.82) is 0 Å². The Morgan fingerprint density at radius 3 is 2.56 bits per heavy atom. The molecule has 0 bridgehead atoms. The Balaban J connectivity index is 3.24. The molecule has 5 heteroatoms. The van der Waals surface area contributed by atoms with Gasteiger partial charge in [-0.05, 0) is 41.9 Å². The molecule has 0 saturated carbocycles. The van der Waals surface area contributed by atoms with Crippen molar-refractivity contribution >= 4 is 27.7 Å². The number of carbonyl (C=O) groups excluding carboxylic acids is 2. The molecule has 0 aliphatic rings. The van der Waals surface area contributed by atoms with Gasteiger partial charge in [0.05, 0.1) is 22.2 Å². The maximum absolute atomic E-state index is 11.4. The molecule has 0 unspecified atom stereocenters. The molecular weight excluding hydrogens is 276 g/mol. The lowest BCUT2D eigenvalue weighted by Gasteiger charge is -2.07. The van der Waals surface area contributed by atoms with Crippen molar-refractivity contribution in [1.82, 2.24) is 0 Å². The number of ether oxygens (including phenoxy) is 1. The number of ketones is 1. The van der Waals surface area contributed by atoms with Crippen molar-refractivity contribution in [3.05, 3.63) is 27.7 Å². The fourth-order valence-electron chi connectivity index (χ4n) is 1.20. The maximum atomic E-state index is 11.4. The van der Waals surface area contributed by atoms with E-state index >= 15 is 0 Å². The highest BCUT2D eigenvalue weighted by Crippen LogP contribution is 2.30. The zero-order valence-electron chi connectivity index (χ0n) is 8.91. The number of halogens is 1. The summed E-state index contributed by atoms with van der Waals surface area (Å²) in [4.78, 5) is 22.7. The Hall–Kier alpha value is -1.36. The summed E-state index contributed by atoms with van der Waals surface area (Å²) in [5, 5.41) is 9.58. The van der Waals surface area contributed by atoms with Gasteiger partial charge in [-0.3, -0.25) is 4.79 Å². The summed E-state index contributed by atoms with van der Waals surface area (Å²) in [6.07, 6.45) is 0. The third kappa shape index (κ3) is 2.61. The van der Waals surface area contributed by atoms with E-state index in [4.69, 9.17) is 4.74 Å². The van der Waals surface area contributed by atoms with Crippen LogP contribution < -0.4 is 0 Å². The van der Waals surface area contributed by atoms with Crippen LogP contribution in [-0.4, -0.2) is 23.5 Å². The summed E-state index contributed by atoms with van der Waals surface area (Å²) in [7, 11) is 0. The van der Waals surface area contributed by atoms with Crippen LogP contribution in [0.25, 0.3) is 0 Å². The molecule has 1 N–H and O–H groups in total. The molecule has 1 rings (SSSR count). The summed E-state index contributed by atoms with van der Waals surface area (Å²) in [5.41, 5.74) is 0.328. The number of aromatic hydroxyl groups is 1. The van der Waals surface area contributed by atoms with E-state index in [1.54, 1.807) is 6.92 Å². The Labute approximate surface area is 101 Å². The average Bonchev–Trinajstić information content (AvgIpc) is 2.21. The summed E-state index contributed by atoms with van der Waals surface area (Å²) in [6, 6.07) is 2.74. The van der Waals surface area contributed by atoms with Crippen molar-refractivity contribution in [3.63, 3.8) is 0 Å². The number of hydrogen-bond acceptors (Lipinski definition) is 4. The fourth-order valence-corrected chi connectivity index (χ4v) is 1.66. The SMILES string of the molecule is CCOC(=O)c1cc(Br)c(O)c(C(C)=O)c1. The highest BCUT2D eigenvalue weighted by Gasteiger charge is 2.16. The summed E-state index contributed by atoms with van der Waals surface area (Å²) in [6.45, 7) is 3.27. The normalized spacial score (nSPS) is 9.94. The van der Waals surface area contributed by atoms with Gasteiger partial charge in [-0.1, -0.05) is 0 Å². The molecule has 0 radical (unpaired) electrons. The molecule has 0 amide bonds. The second-order valence-corrected chi connectivity index (χ2v) is 3.99. The van der Waals surface area contributed by atoms with Crippen LogP contribution in [0.3, 0.4) is 0 Å².